The van der Waals surface area contributed by atoms with Crippen LogP contribution in [-0.4, -0.2) is 7.11 Å². The summed E-state index contributed by atoms with van der Waals surface area (Å²) in [6.45, 7) is 4.23. The molecular formula is C17H19ClO. The molecule has 19 heavy (non-hydrogen) atoms. The van der Waals surface area contributed by atoms with Crippen LogP contribution in [0.15, 0.2) is 42.5 Å². The quantitative estimate of drug-likeness (QED) is 0.725. The molecule has 2 aromatic rings. The standard InChI is InChI=1S/C17H19ClO/c1-12-8-9-14(10-13(12)2)16(18)11-15-6-4-5-7-17(15)19-3/h4-10,16H,11H2,1-3H3. The number of methoxy groups -OCH3 is 1. The van der Waals surface area contributed by atoms with Gasteiger partial charge in [-0.3, -0.25) is 0 Å². The summed E-state index contributed by atoms with van der Waals surface area (Å²) in [7, 11) is 1.69. The Kier molecular flexibility index (Phi) is 4.49. The van der Waals surface area contributed by atoms with Crippen LogP contribution >= 0.6 is 11.6 Å². The first kappa shape index (κ1) is 14.0. The van der Waals surface area contributed by atoms with E-state index in [0.717, 1.165) is 23.3 Å². The summed E-state index contributed by atoms with van der Waals surface area (Å²) in [6.07, 6.45) is 0.772. The molecule has 0 aromatic heterocycles. The van der Waals surface area contributed by atoms with Crippen molar-refractivity contribution in [1.82, 2.24) is 0 Å². The second-order valence-corrected chi connectivity index (χ2v) is 5.35. The molecule has 0 aliphatic heterocycles. The first-order valence-electron chi connectivity index (χ1n) is 6.45. The highest BCUT2D eigenvalue weighted by Crippen LogP contribution is 2.30. The van der Waals surface area contributed by atoms with Crippen molar-refractivity contribution in [2.75, 3.05) is 7.11 Å². The Hall–Kier alpha value is -1.47. The molecule has 0 aliphatic carbocycles. The number of alkyl halides is 1. The van der Waals surface area contributed by atoms with Crippen molar-refractivity contribution in [3.8, 4) is 5.75 Å². The van der Waals surface area contributed by atoms with Gasteiger partial charge in [-0.25, -0.2) is 0 Å². The number of ether oxygens (including phenoxy) is 1. The smallest absolute Gasteiger partial charge is 0.122 e. The molecule has 0 aliphatic rings. The molecule has 100 valence electrons. The third-order valence-corrected chi connectivity index (χ3v) is 3.89. The number of hydrogen-bond acceptors (Lipinski definition) is 1. The summed E-state index contributed by atoms with van der Waals surface area (Å²) < 4.78 is 5.37. The van der Waals surface area contributed by atoms with Crippen LogP contribution in [0.1, 0.15) is 27.6 Å². The van der Waals surface area contributed by atoms with Crippen molar-refractivity contribution in [1.29, 1.82) is 0 Å². The van der Waals surface area contributed by atoms with Crippen LogP contribution in [0.5, 0.6) is 5.75 Å². The molecule has 1 unspecified atom stereocenters. The highest BCUT2D eigenvalue weighted by Gasteiger charge is 2.12. The van der Waals surface area contributed by atoms with Gasteiger partial charge in [0.05, 0.1) is 12.5 Å². The first-order valence-corrected chi connectivity index (χ1v) is 6.88. The van der Waals surface area contributed by atoms with Crippen LogP contribution in [0.4, 0.5) is 0 Å². The molecule has 0 heterocycles. The second kappa shape index (κ2) is 6.12. The maximum Gasteiger partial charge on any atom is 0.122 e. The van der Waals surface area contributed by atoms with Gasteiger partial charge in [0.25, 0.3) is 0 Å². The monoisotopic (exact) mass is 274 g/mol. The van der Waals surface area contributed by atoms with E-state index in [1.807, 2.05) is 18.2 Å². The lowest BCUT2D eigenvalue weighted by atomic mass is 9.99. The van der Waals surface area contributed by atoms with Crippen molar-refractivity contribution in [2.24, 2.45) is 0 Å². The Bertz CT molecular complexity index is 563. The molecule has 0 bridgehead atoms. The number of rotatable bonds is 4. The Morgan fingerprint density at radius 1 is 1.05 bits per heavy atom. The molecule has 2 rings (SSSR count). The van der Waals surface area contributed by atoms with Crippen molar-refractivity contribution in [3.05, 3.63) is 64.7 Å². The number of benzene rings is 2. The molecule has 0 spiro atoms. The van der Waals surface area contributed by atoms with Gasteiger partial charge in [-0.2, -0.15) is 0 Å². The van der Waals surface area contributed by atoms with E-state index >= 15 is 0 Å². The van der Waals surface area contributed by atoms with Crippen LogP contribution in [0.25, 0.3) is 0 Å². The summed E-state index contributed by atoms with van der Waals surface area (Å²) in [4.78, 5) is 0. The predicted octanol–water partition coefficient (Wildman–Crippen LogP) is 4.83. The zero-order valence-corrected chi connectivity index (χ0v) is 12.4. The van der Waals surface area contributed by atoms with E-state index in [1.165, 1.54) is 11.1 Å². The van der Waals surface area contributed by atoms with Gasteiger partial charge < -0.3 is 4.74 Å². The molecule has 0 fully saturated rings. The van der Waals surface area contributed by atoms with E-state index in [0.29, 0.717) is 0 Å². The summed E-state index contributed by atoms with van der Waals surface area (Å²) in [6, 6.07) is 14.4. The third-order valence-electron chi connectivity index (χ3n) is 3.48. The van der Waals surface area contributed by atoms with Crippen LogP contribution in [0.2, 0.25) is 0 Å². The maximum atomic E-state index is 6.54. The summed E-state index contributed by atoms with van der Waals surface area (Å²) in [5.74, 6) is 0.900. The first-order chi connectivity index (χ1) is 9.11. The summed E-state index contributed by atoms with van der Waals surface area (Å²) in [5, 5.41) is -0.0319. The third kappa shape index (κ3) is 3.30. The fourth-order valence-corrected chi connectivity index (χ4v) is 2.44. The maximum absolute atomic E-state index is 6.54. The van der Waals surface area contributed by atoms with Crippen molar-refractivity contribution >= 4 is 11.6 Å². The van der Waals surface area contributed by atoms with Crippen LogP contribution in [-0.2, 0) is 6.42 Å². The molecule has 0 radical (unpaired) electrons. The number of hydrogen-bond donors (Lipinski definition) is 0. The average molecular weight is 275 g/mol. The number of halogens is 1. The second-order valence-electron chi connectivity index (χ2n) is 4.83. The normalized spacial score (nSPS) is 12.2. The van der Waals surface area contributed by atoms with Crippen LogP contribution in [0, 0.1) is 13.8 Å². The fraction of sp³-hybridized carbons (Fsp3) is 0.294. The van der Waals surface area contributed by atoms with Gasteiger partial charge in [0, 0.05) is 0 Å². The predicted molar refractivity (Wildman–Crippen MR) is 81.2 cm³/mol. The molecule has 2 aromatic carbocycles. The lowest BCUT2D eigenvalue weighted by Gasteiger charge is -2.14. The van der Waals surface area contributed by atoms with E-state index < -0.39 is 0 Å². The number of para-hydroxylation sites is 1. The molecule has 1 atom stereocenters. The zero-order valence-electron chi connectivity index (χ0n) is 11.6. The van der Waals surface area contributed by atoms with E-state index in [9.17, 15) is 0 Å². The Morgan fingerprint density at radius 3 is 2.47 bits per heavy atom. The Labute approximate surface area is 120 Å². The topological polar surface area (TPSA) is 9.23 Å². The van der Waals surface area contributed by atoms with Gasteiger partial charge in [0.15, 0.2) is 0 Å². The minimum absolute atomic E-state index is 0.0319. The lowest BCUT2D eigenvalue weighted by molar-refractivity contribution is 0.409. The zero-order chi connectivity index (χ0) is 13.8. The molecule has 0 saturated heterocycles. The van der Waals surface area contributed by atoms with Gasteiger partial charge in [0.1, 0.15) is 5.75 Å². The SMILES string of the molecule is COc1ccccc1CC(Cl)c1ccc(C)c(C)c1. The minimum atomic E-state index is -0.0319. The molecule has 1 nitrogen and oxygen atoms in total. The van der Waals surface area contributed by atoms with Crippen LogP contribution in [0.3, 0.4) is 0 Å². The van der Waals surface area contributed by atoms with E-state index in [-0.39, 0.29) is 5.38 Å². The van der Waals surface area contributed by atoms with E-state index in [4.69, 9.17) is 16.3 Å². The Balaban J connectivity index is 2.20. The number of aryl methyl sites for hydroxylation is 2. The summed E-state index contributed by atoms with van der Waals surface area (Å²) in [5.41, 5.74) is 4.88. The van der Waals surface area contributed by atoms with Crippen LogP contribution < -0.4 is 4.74 Å². The average Bonchev–Trinajstić information content (AvgIpc) is 2.42. The van der Waals surface area contributed by atoms with Crippen molar-refractivity contribution < 1.29 is 4.74 Å². The van der Waals surface area contributed by atoms with Gasteiger partial charge >= 0.3 is 0 Å². The molecule has 0 saturated carbocycles. The fourth-order valence-electron chi connectivity index (χ4n) is 2.14. The minimum Gasteiger partial charge on any atom is -0.496 e. The summed E-state index contributed by atoms with van der Waals surface area (Å²) >= 11 is 6.54. The lowest BCUT2D eigenvalue weighted by Crippen LogP contribution is -1.99. The molecular weight excluding hydrogens is 256 g/mol. The van der Waals surface area contributed by atoms with E-state index in [2.05, 4.69) is 38.1 Å². The Morgan fingerprint density at radius 2 is 1.79 bits per heavy atom. The van der Waals surface area contributed by atoms with E-state index in [1.54, 1.807) is 7.11 Å². The molecule has 2 heteroatoms. The van der Waals surface area contributed by atoms with Gasteiger partial charge in [-0.15, -0.1) is 11.6 Å². The molecule has 0 N–H and O–H groups in total. The largest absolute Gasteiger partial charge is 0.496 e. The van der Waals surface area contributed by atoms with Gasteiger partial charge in [-0.1, -0.05) is 36.4 Å². The van der Waals surface area contributed by atoms with Gasteiger partial charge in [0.2, 0.25) is 0 Å². The van der Waals surface area contributed by atoms with Crippen molar-refractivity contribution in [2.45, 2.75) is 25.6 Å². The van der Waals surface area contributed by atoms with Crippen molar-refractivity contribution in [3.63, 3.8) is 0 Å². The highest BCUT2D eigenvalue weighted by molar-refractivity contribution is 6.21. The molecule has 0 amide bonds. The van der Waals surface area contributed by atoms with Gasteiger partial charge in [-0.05, 0) is 48.6 Å². The highest BCUT2D eigenvalue weighted by atomic mass is 35.5.